The van der Waals surface area contributed by atoms with Gasteiger partial charge in [-0.15, -0.1) is 23.7 Å². The highest BCUT2D eigenvalue weighted by Gasteiger charge is 2.22. The summed E-state index contributed by atoms with van der Waals surface area (Å²) in [6.45, 7) is 4.81. The van der Waals surface area contributed by atoms with E-state index in [2.05, 4.69) is 10.3 Å². The predicted molar refractivity (Wildman–Crippen MR) is 89.8 cm³/mol. The van der Waals surface area contributed by atoms with Crippen molar-refractivity contribution in [3.05, 3.63) is 28.1 Å². The molecule has 1 amide bonds. The molecule has 0 aliphatic carbocycles. The number of hydrogen-bond donors (Lipinski definition) is 1. The predicted octanol–water partition coefficient (Wildman–Crippen LogP) is 1.09. The lowest BCUT2D eigenvalue weighted by atomic mass is 10.2. The van der Waals surface area contributed by atoms with E-state index in [9.17, 15) is 9.59 Å². The quantitative estimate of drug-likeness (QED) is 0.906. The van der Waals surface area contributed by atoms with Crippen LogP contribution in [0.4, 0.5) is 0 Å². The van der Waals surface area contributed by atoms with Crippen molar-refractivity contribution in [2.24, 2.45) is 0 Å². The Hall–Kier alpha value is -1.44. The average Bonchev–Trinajstić information content (AvgIpc) is 2.96. The molecule has 1 saturated heterocycles. The SMILES string of the molecule is CC1CNCCN1C(=O)CCn1cnc2sccc2c1=O.Cl. The van der Waals surface area contributed by atoms with Gasteiger partial charge < -0.3 is 10.2 Å². The van der Waals surface area contributed by atoms with Crippen LogP contribution in [0.15, 0.2) is 22.6 Å². The van der Waals surface area contributed by atoms with Crippen LogP contribution in [0, 0.1) is 0 Å². The summed E-state index contributed by atoms with van der Waals surface area (Å²) < 4.78 is 1.53. The van der Waals surface area contributed by atoms with Crippen LogP contribution in [0.25, 0.3) is 10.2 Å². The van der Waals surface area contributed by atoms with E-state index in [1.165, 1.54) is 22.2 Å². The zero-order valence-electron chi connectivity index (χ0n) is 12.3. The lowest BCUT2D eigenvalue weighted by Gasteiger charge is -2.34. The molecule has 0 bridgehead atoms. The van der Waals surface area contributed by atoms with Crippen molar-refractivity contribution in [2.75, 3.05) is 19.6 Å². The van der Waals surface area contributed by atoms with Crippen LogP contribution in [0.1, 0.15) is 13.3 Å². The summed E-state index contributed by atoms with van der Waals surface area (Å²) in [5.41, 5.74) is -0.0672. The second-order valence-electron chi connectivity index (χ2n) is 5.27. The van der Waals surface area contributed by atoms with Crippen molar-refractivity contribution in [2.45, 2.75) is 25.9 Å². The summed E-state index contributed by atoms with van der Waals surface area (Å²) in [6, 6.07) is 1.99. The van der Waals surface area contributed by atoms with Crippen LogP contribution in [-0.2, 0) is 11.3 Å². The van der Waals surface area contributed by atoms with Gasteiger partial charge in [0.1, 0.15) is 4.83 Å². The van der Waals surface area contributed by atoms with Crippen LogP contribution in [0.2, 0.25) is 0 Å². The molecule has 120 valence electrons. The Labute approximate surface area is 138 Å². The van der Waals surface area contributed by atoms with Crippen molar-refractivity contribution in [1.82, 2.24) is 19.8 Å². The minimum Gasteiger partial charge on any atom is -0.337 e. The van der Waals surface area contributed by atoms with E-state index in [0.717, 1.165) is 24.5 Å². The molecule has 2 aromatic heterocycles. The molecule has 22 heavy (non-hydrogen) atoms. The summed E-state index contributed by atoms with van der Waals surface area (Å²) in [7, 11) is 0. The molecule has 0 saturated carbocycles. The first-order chi connectivity index (χ1) is 10.2. The smallest absolute Gasteiger partial charge is 0.262 e. The van der Waals surface area contributed by atoms with Crippen LogP contribution >= 0.6 is 23.7 Å². The van der Waals surface area contributed by atoms with E-state index >= 15 is 0 Å². The van der Waals surface area contributed by atoms with Crippen molar-refractivity contribution in [3.63, 3.8) is 0 Å². The molecule has 1 unspecified atom stereocenters. The van der Waals surface area contributed by atoms with Gasteiger partial charge in [0.25, 0.3) is 5.56 Å². The van der Waals surface area contributed by atoms with Crippen molar-refractivity contribution < 1.29 is 4.79 Å². The van der Waals surface area contributed by atoms with E-state index in [1.807, 2.05) is 17.2 Å². The summed E-state index contributed by atoms with van der Waals surface area (Å²) in [6.07, 6.45) is 1.87. The van der Waals surface area contributed by atoms with Crippen molar-refractivity contribution in [3.8, 4) is 0 Å². The Morgan fingerprint density at radius 3 is 3.14 bits per heavy atom. The van der Waals surface area contributed by atoms with Gasteiger partial charge in [0.15, 0.2) is 0 Å². The number of hydrogen-bond acceptors (Lipinski definition) is 5. The molecular formula is C14H19ClN4O2S. The van der Waals surface area contributed by atoms with Gasteiger partial charge in [-0.2, -0.15) is 0 Å². The van der Waals surface area contributed by atoms with Gasteiger partial charge in [-0.05, 0) is 18.4 Å². The maximum absolute atomic E-state index is 12.3. The van der Waals surface area contributed by atoms with E-state index in [1.54, 1.807) is 6.07 Å². The number of amides is 1. The highest BCUT2D eigenvalue weighted by molar-refractivity contribution is 7.16. The Morgan fingerprint density at radius 1 is 1.55 bits per heavy atom. The number of aryl methyl sites for hydroxylation is 1. The highest BCUT2D eigenvalue weighted by Crippen LogP contribution is 2.13. The molecule has 1 N–H and O–H groups in total. The molecule has 1 atom stereocenters. The maximum Gasteiger partial charge on any atom is 0.262 e. The Kier molecular flexibility index (Phi) is 5.55. The largest absolute Gasteiger partial charge is 0.337 e. The number of nitrogens with one attached hydrogen (secondary N) is 1. The fraction of sp³-hybridized carbons (Fsp3) is 0.500. The van der Waals surface area contributed by atoms with Gasteiger partial charge in [0, 0.05) is 38.6 Å². The number of fused-ring (bicyclic) bond motifs is 1. The molecule has 3 rings (SSSR count). The van der Waals surface area contributed by atoms with Gasteiger partial charge in [0.2, 0.25) is 5.91 Å². The normalized spacial score (nSPS) is 18.2. The molecule has 1 aliphatic heterocycles. The van der Waals surface area contributed by atoms with Crippen LogP contribution in [0.5, 0.6) is 0 Å². The van der Waals surface area contributed by atoms with Crippen molar-refractivity contribution in [1.29, 1.82) is 0 Å². The van der Waals surface area contributed by atoms with Crippen LogP contribution in [-0.4, -0.2) is 46.0 Å². The number of piperazine rings is 1. The van der Waals surface area contributed by atoms with Crippen LogP contribution < -0.4 is 10.9 Å². The number of carbonyl (C=O) groups is 1. The van der Waals surface area contributed by atoms with E-state index in [0.29, 0.717) is 18.4 Å². The Bertz CT molecular complexity index is 714. The minimum absolute atomic E-state index is 0. The first-order valence-electron chi connectivity index (χ1n) is 7.09. The Morgan fingerprint density at radius 2 is 2.36 bits per heavy atom. The molecule has 2 aromatic rings. The van der Waals surface area contributed by atoms with Gasteiger partial charge in [0.05, 0.1) is 11.7 Å². The zero-order valence-corrected chi connectivity index (χ0v) is 14.0. The number of thiophene rings is 1. The topological polar surface area (TPSA) is 67.2 Å². The van der Waals surface area contributed by atoms with E-state index < -0.39 is 0 Å². The number of carbonyl (C=O) groups excluding carboxylic acids is 1. The van der Waals surface area contributed by atoms with Gasteiger partial charge in [-0.1, -0.05) is 0 Å². The fourth-order valence-electron chi connectivity index (χ4n) is 2.62. The third-order valence-corrected chi connectivity index (χ3v) is 4.66. The standard InChI is InChI=1S/C14H18N4O2S.ClH/c1-10-8-15-4-6-18(10)12(19)2-5-17-9-16-13-11(14(17)20)3-7-21-13;/h3,7,9-10,15H,2,4-6,8H2,1H3;1H. The third-order valence-electron chi connectivity index (χ3n) is 3.84. The van der Waals surface area contributed by atoms with Crippen molar-refractivity contribution >= 4 is 39.9 Å². The summed E-state index contributed by atoms with van der Waals surface area (Å²) >= 11 is 1.45. The monoisotopic (exact) mass is 342 g/mol. The summed E-state index contributed by atoms with van der Waals surface area (Å²) in [5, 5.41) is 5.75. The summed E-state index contributed by atoms with van der Waals surface area (Å²) in [5.74, 6) is 0.0984. The Balaban J connectivity index is 0.00000176. The third kappa shape index (κ3) is 3.31. The number of aromatic nitrogens is 2. The zero-order chi connectivity index (χ0) is 14.8. The van der Waals surface area contributed by atoms with Gasteiger partial charge >= 0.3 is 0 Å². The molecule has 1 aliphatic rings. The lowest BCUT2D eigenvalue weighted by Crippen LogP contribution is -2.52. The van der Waals surface area contributed by atoms with Gasteiger partial charge in [-0.3, -0.25) is 14.2 Å². The molecule has 3 heterocycles. The second-order valence-corrected chi connectivity index (χ2v) is 6.17. The minimum atomic E-state index is -0.0672. The fourth-order valence-corrected chi connectivity index (χ4v) is 3.35. The number of nitrogens with zero attached hydrogens (tertiary/aromatic N) is 3. The van der Waals surface area contributed by atoms with E-state index in [4.69, 9.17) is 0 Å². The lowest BCUT2D eigenvalue weighted by molar-refractivity contribution is -0.134. The second kappa shape index (κ2) is 7.21. The van der Waals surface area contributed by atoms with E-state index in [-0.39, 0.29) is 29.9 Å². The maximum atomic E-state index is 12.3. The molecule has 6 nitrogen and oxygen atoms in total. The summed E-state index contributed by atoms with van der Waals surface area (Å²) in [4.78, 5) is 31.4. The molecule has 0 spiro atoms. The first-order valence-corrected chi connectivity index (χ1v) is 7.97. The number of halogens is 1. The highest BCUT2D eigenvalue weighted by atomic mass is 35.5. The number of rotatable bonds is 3. The molecule has 8 heteroatoms. The molecule has 1 fully saturated rings. The molecular weight excluding hydrogens is 324 g/mol. The first kappa shape index (κ1) is 16.9. The average molecular weight is 343 g/mol. The molecule has 0 aromatic carbocycles. The van der Waals surface area contributed by atoms with Gasteiger partial charge in [-0.25, -0.2) is 4.98 Å². The molecule has 0 radical (unpaired) electrons. The van der Waals surface area contributed by atoms with Crippen LogP contribution in [0.3, 0.4) is 0 Å².